The quantitative estimate of drug-likeness (QED) is 0.728. The van der Waals surface area contributed by atoms with Gasteiger partial charge in [-0.15, -0.1) is 0 Å². The van der Waals surface area contributed by atoms with Crippen LogP contribution in [0.2, 0.25) is 0 Å². The molecule has 0 saturated carbocycles. The first-order valence-electron chi connectivity index (χ1n) is 6.23. The monoisotopic (exact) mass is 272 g/mol. The minimum Gasteiger partial charge on any atom is -0.492 e. The molecule has 0 fully saturated rings. The van der Waals surface area contributed by atoms with Gasteiger partial charge in [0.2, 0.25) is 0 Å². The zero-order valence-electron chi connectivity index (χ0n) is 11.1. The summed E-state index contributed by atoms with van der Waals surface area (Å²) >= 11 is 0. The van der Waals surface area contributed by atoms with E-state index in [9.17, 15) is 4.79 Å². The Labute approximate surface area is 117 Å². The second kappa shape index (κ2) is 5.97. The van der Waals surface area contributed by atoms with Crippen molar-refractivity contribution in [3.8, 4) is 5.75 Å². The summed E-state index contributed by atoms with van der Waals surface area (Å²) in [4.78, 5) is 11.1. The summed E-state index contributed by atoms with van der Waals surface area (Å²) in [7, 11) is 0. The topological polar surface area (TPSA) is 84.6 Å². The number of nitrogens with one attached hydrogen (secondary N) is 1. The molecule has 0 aliphatic heterocycles. The van der Waals surface area contributed by atoms with Crippen LogP contribution in [0, 0.1) is 0 Å². The van der Waals surface area contributed by atoms with Gasteiger partial charge in [0.15, 0.2) is 0 Å². The number of carboxylic acid groups (broad SMARTS) is 1. The molecule has 0 aliphatic rings. The number of hydrogen-bond acceptors (Lipinski definition) is 4. The number of para-hydroxylation sites is 2. The Bertz CT molecular complexity index is 626. The van der Waals surface area contributed by atoms with E-state index < -0.39 is 5.97 Å². The van der Waals surface area contributed by atoms with E-state index in [4.69, 9.17) is 15.6 Å². The van der Waals surface area contributed by atoms with Gasteiger partial charge in [0.05, 0.1) is 17.9 Å². The first kappa shape index (κ1) is 13.7. The molecule has 5 heteroatoms. The van der Waals surface area contributed by atoms with E-state index in [-0.39, 0.29) is 11.3 Å². The number of carboxylic acids is 1. The number of ether oxygens (including phenoxy) is 1. The number of anilines is 3. The van der Waals surface area contributed by atoms with Gasteiger partial charge < -0.3 is 20.9 Å². The Kier molecular flexibility index (Phi) is 4.10. The molecule has 2 rings (SSSR count). The number of benzene rings is 2. The molecule has 0 heterocycles. The first-order chi connectivity index (χ1) is 9.61. The summed E-state index contributed by atoms with van der Waals surface area (Å²) in [6, 6.07) is 12.3. The van der Waals surface area contributed by atoms with Crippen molar-refractivity contribution in [3.05, 3.63) is 48.0 Å². The van der Waals surface area contributed by atoms with Gasteiger partial charge in [-0.1, -0.05) is 12.1 Å². The molecule has 0 bridgehead atoms. The van der Waals surface area contributed by atoms with Gasteiger partial charge in [-0.05, 0) is 37.3 Å². The average Bonchev–Trinajstić information content (AvgIpc) is 2.43. The molecule has 0 aliphatic carbocycles. The smallest absolute Gasteiger partial charge is 0.337 e. The Hall–Kier alpha value is -2.69. The lowest BCUT2D eigenvalue weighted by Gasteiger charge is -2.13. The lowest BCUT2D eigenvalue weighted by Crippen LogP contribution is -2.04. The largest absolute Gasteiger partial charge is 0.492 e. The normalized spacial score (nSPS) is 10.1. The van der Waals surface area contributed by atoms with E-state index in [2.05, 4.69) is 5.32 Å². The Morgan fingerprint density at radius 1 is 1.30 bits per heavy atom. The molecule has 0 aromatic heterocycles. The third-order valence-electron chi connectivity index (χ3n) is 2.75. The van der Waals surface area contributed by atoms with Crippen LogP contribution in [-0.4, -0.2) is 17.7 Å². The second-order valence-corrected chi connectivity index (χ2v) is 4.16. The number of nitrogens with two attached hydrogens (primary N) is 1. The number of rotatable bonds is 5. The van der Waals surface area contributed by atoms with Crippen LogP contribution in [0.1, 0.15) is 17.3 Å². The maximum Gasteiger partial charge on any atom is 0.337 e. The van der Waals surface area contributed by atoms with Crippen LogP contribution in [0.4, 0.5) is 17.1 Å². The summed E-state index contributed by atoms with van der Waals surface area (Å²) < 4.78 is 5.51. The molecule has 0 radical (unpaired) electrons. The lowest BCUT2D eigenvalue weighted by atomic mass is 10.1. The highest BCUT2D eigenvalue weighted by molar-refractivity contribution is 5.95. The molecule has 20 heavy (non-hydrogen) atoms. The summed E-state index contributed by atoms with van der Waals surface area (Å²) in [5.74, 6) is -0.340. The number of hydrogen-bond donors (Lipinski definition) is 3. The molecule has 0 spiro atoms. The highest BCUT2D eigenvalue weighted by atomic mass is 16.5. The molecule has 0 atom stereocenters. The van der Waals surface area contributed by atoms with Crippen molar-refractivity contribution in [2.24, 2.45) is 0 Å². The zero-order valence-corrected chi connectivity index (χ0v) is 11.1. The second-order valence-electron chi connectivity index (χ2n) is 4.16. The minimum atomic E-state index is -1.05. The summed E-state index contributed by atoms with van der Waals surface area (Å²) in [5.41, 5.74) is 7.35. The summed E-state index contributed by atoms with van der Waals surface area (Å²) in [5, 5.41) is 12.2. The first-order valence-corrected chi connectivity index (χ1v) is 6.23. The van der Waals surface area contributed by atoms with Gasteiger partial charge in [0, 0.05) is 11.4 Å². The van der Waals surface area contributed by atoms with E-state index in [1.54, 1.807) is 12.1 Å². The van der Waals surface area contributed by atoms with E-state index in [1.165, 1.54) is 6.07 Å². The van der Waals surface area contributed by atoms with Gasteiger partial charge in [-0.25, -0.2) is 4.79 Å². The van der Waals surface area contributed by atoms with Crippen LogP contribution in [0.5, 0.6) is 5.75 Å². The van der Waals surface area contributed by atoms with Crippen molar-refractivity contribution in [1.82, 2.24) is 0 Å². The molecule has 2 aromatic rings. The standard InChI is InChI=1S/C15H16N2O3/c1-2-20-14-6-4-3-5-13(14)17-10-7-8-12(16)11(9-10)15(18)19/h3-9,17H,2,16H2,1H3,(H,18,19). The van der Waals surface area contributed by atoms with Crippen molar-refractivity contribution in [2.75, 3.05) is 17.7 Å². The summed E-state index contributed by atoms with van der Waals surface area (Å²) in [6.45, 7) is 2.46. The molecular formula is C15H16N2O3. The van der Waals surface area contributed by atoms with Crippen LogP contribution < -0.4 is 15.8 Å². The van der Waals surface area contributed by atoms with E-state index in [0.717, 1.165) is 5.69 Å². The number of aromatic carboxylic acids is 1. The van der Waals surface area contributed by atoms with Crippen molar-refractivity contribution in [3.63, 3.8) is 0 Å². The molecule has 0 amide bonds. The fraction of sp³-hybridized carbons (Fsp3) is 0.133. The van der Waals surface area contributed by atoms with Gasteiger partial charge in [-0.2, -0.15) is 0 Å². The number of nitrogen functional groups attached to an aromatic ring is 1. The van der Waals surface area contributed by atoms with Crippen LogP contribution in [0.3, 0.4) is 0 Å². The van der Waals surface area contributed by atoms with Gasteiger partial charge in [0.25, 0.3) is 0 Å². The minimum absolute atomic E-state index is 0.0730. The Morgan fingerprint density at radius 2 is 2.05 bits per heavy atom. The molecule has 4 N–H and O–H groups in total. The van der Waals surface area contributed by atoms with Crippen molar-refractivity contribution >= 4 is 23.0 Å². The van der Waals surface area contributed by atoms with Crippen LogP contribution in [-0.2, 0) is 0 Å². The summed E-state index contributed by atoms with van der Waals surface area (Å²) in [6.07, 6.45) is 0. The van der Waals surface area contributed by atoms with E-state index in [1.807, 2.05) is 31.2 Å². The van der Waals surface area contributed by atoms with E-state index in [0.29, 0.717) is 18.0 Å². The fourth-order valence-corrected chi connectivity index (χ4v) is 1.83. The van der Waals surface area contributed by atoms with Crippen molar-refractivity contribution in [2.45, 2.75) is 6.92 Å². The van der Waals surface area contributed by atoms with Crippen LogP contribution >= 0.6 is 0 Å². The SMILES string of the molecule is CCOc1ccccc1Nc1ccc(N)c(C(=O)O)c1. The molecule has 104 valence electrons. The third kappa shape index (κ3) is 3.00. The molecule has 0 unspecified atom stereocenters. The predicted octanol–water partition coefficient (Wildman–Crippen LogP) is 3.11. The Balaban J connectivity index is 2.31. The van der Waals surface area contributed by atoms with Crippen molar-refractivity contribution in [1.29, 1.82) is 0 Å². The number of carbonyl (C=O) groups is 1. The highest BCUT2D eigenvalue weighted by Crippen LogP contribution is 2.28. The van der Waals surface area contributed by atoms with Crippen LogP contribution in [0.15, 0.2) is 42.5 Å². The molecule has 0 saturated heterocycles. The molecule has 5 nitrogen and oxygen atoms in total. The highest BCUT2D eigenvalue weighted by Gasteiger charge is 2.09. The average molecular weight is 272 g/mol. The van der Waals surface area contributed by atoms with Gasteiger partial charge >= 0.3 is 5.97 Å². The predicted molar refractivity (Wildman–Crippen MR) is 78.7 cm³/mol. The third-order valence-corrected chi connectivity index (χ3v) is 2.75. The van der Waals surface area contributed by atoms with Gasteiger partial charge in [-0.3, -0.25) is 0 Å². The fourth-order valence-electron chi connectivity index (χ4n) is 1.83. The van der Waals surface area contributed by atoms with Crippen LogP contribution in [0.25, 0.3) is 0 Å². The Morgan fingerprint density at radius 3 is 2.75 bits per heavy atom. The van der Waals surface area contributed by atoms with Gasteiger partial charge in [0.1, 0.15) is 5.75 Å². The molecular weight excluding hydrogens is 256 g/mol. The van der Waals surface area contributed by atoms with Crippen molar-refractivity contribution < 1.29 is 14.6 Å². The maximum atomic E-state index is 11.1. The lowest BCUT2D eigenvalue weighted by molar-refractivity contribution is 0.0698. The molecule has 2 aromatic carbocycles. The zero-order chi connectivity index (χ0) is 14.5. The van der Waals surface area contributed by atoms with E-state index >= 15 is 0 Å². The maximum absolute atomic E-state index is 11.1.